The summed E-state index contributed by atoms with van der Waals surface area (Å²) in [6, 6.07) is 44.2. The molecule has 2 aliphatic rings. The molecule has 238 valence electrons. The molecule has 0 aliphatic carbocycles. The molecule has 4 bridgehead atoms. The van der Waals surface area contributed by atoms with Crippen LogP contribution in [0.1, 0.15) is 46.5 Å². The van der Waals surface area contributed by atoms with Crippen LogP contribution in [-0.4, -0.2) is 16.5 Å². The predicted molar refractivity (Wildman–Crippen MR) is 202 cm³/mol. The van der Waals surface area contributed by atoms with Crippen LogP contribution in [-0.2, 0) is 4.79 Å². The number of nitrogens with zero attached hydrogens (tertiary/aromatic N) is 1. The van der Waals surface area contributed by atoms with Gasteiger partial charge in [0.2, 0.25) is 0 Å². The summed E-state index contributed by atoms with van der Waals surface area (Å²) < 4.78 is 0. The van der Waals surface area contributed by atoms with E-state index in [4.69, 9.17) is 16.5 Å². The van der Waals surface area contributed by atoms with Gasteiger partial charge in [-0.25, -0.2) is 4.99 Å². The average Bonchev–Trinajstić information content (AvgIpc) is 3.76. The van der Waals surface area contributed by atoms with Crippen LogP contribution < -0.4 is 11.5 Å². The Morgan fingerprint density at radius 3 is 1.63 bits per heavy atom. The Balaban J connectivity index is 1.50. The van der Waals surface area contributed by atoms with Crippen LogP contribution in [0.15, 0.2) is 186 Å². The summed E-state index contributed by atoms with van der Waals surface area (Å²) in [4.78, 5) is 22.7. The Labute approximate surface area is 286 Å². The number of aromatic amines is 1. The number of hydrogen-bond acceptors (Lipinski definition) is 4. The van der Waals surface area contributed by atoms with Gasteiger partial charge in [-0.1, -0.05) is 140 Å². The number of hydrogen-bond donors (Lipinski definition) is 3. The van der Waals surface area contributed by atoms with E-state index >= 15 is 0 Å². The van der Waals surface area contributed by atoms with Crippen LogP contribution in [0.3, 0.4) is 0 Å². The lowest BCUT2D eigenvalue weighted by atomic mass is 9.95. The molecule has 5 nitrogen and oxygen atoms in total. The van der Waals surface area contributed by atoms with E-state index in [0.29, 0.717) is 29.2 Å². The third-order valence-electron chi connectivity index (χ3n) is 8.71. The van der Waals surface area contributed by atoms with Crippen molar-refractivity contribution in [1.29, 1.82) is 0 Å². The van der Waals surface area contributed by atoms with Gasteiger partial charge >= 0.3 is 0 Å². The maximum Gasteiger partial charge on any atom is 0.187 e. The van der Waals surface area contributed by atoms with Gasteiger partial charge in [-0.2, -0.15) is 0 Å². The van der Waals surface area contributed by atoms with Crippen molar-refractivity contribution >= 4 is 33.8 Å². The number of nitrogens with two attached hydrogens (primary N) is 2. The SMILES string of the molecule is NC1=C(/c2ccccc2)C2=N/C(=C(/c3ccccc3)c3ccc([nH]3)/C(c3ccccc3)=C(N)/C=C\C/C(c3ccccc3)=C/C=C\1)C(=O)C2. The van der Waals surface area contributed by atoms with Crippen LogP contribution in [0.4, 0.5) is 0 Å². The summed E-state index contributed by atoms with van der Waals surface area (Å²) in [5, 5.41) is 0. The lowest BCUT2D eigenvalue weighted by Crippen LogP contribution is -2.09. The van der Waals surface area contributed by atoms with Crippen molar-refractivity contribution in [2.24, 2.45) is 16.5 Å². The fraction of sp³-hybridized carbons (Fsp3) is 0.0455. The highest BCUT2D eigenvalue weighted by atomic mass is 16.1. The second kappa shape index (κ2) is 14.1. The Morgan fingerprint density at radius 1 is 0.551 bits per heavy atom. The van der Waals surface area contributed by atoms with E-state index in [0.717, 1.165) is 55.9 Å². The molecule has 3 heterocycles. The molecular weight excluding hydrogens is 601 g/mol. The summed E-state index contributed by atoms with van der Waals surface area (Å²) in [6.45, 7) is 0. The average molecular weight is 637 g/mol. The van der Waals surface area contributed by atoms with Crippen molar-refractivity contribution in [3.05, 3.63) is 215 Å². The van der Waals surface area contributed by atoms with E-state index in [-0.39, 0.29) is 12.2 Å². The summed E-state index contributed by atoms with van der Waals surface area (Å²) in [7, 11) is 0. The van der Waals surface area contributed by atoms with Crippen molar-refractivity contribution in [2.75, 3.05) is 0 Å². The first-order valence-corrected chi connectivity index (χ1v) is 16.4. The predicted octanol–water partition coefficient (Wildman–Crippen LogP) is 8.88. The fourth-order valence-corrected chi connectivity index (χ4v) is 6.39. The Bertz CT molecular complexity index is 2210. The third kappa shape index (κ3) is 6.69. The van der Waals surface area contributed by atoms with Gasteiger partial charge in [0, 0.05) is 39.5 Å². The maximum atomic E-state index is 14.0. The molecule has 0 unspecified atom stereocenters. The van der Waals surface area contributed by atoms with Gasteiger partial charge in [-0.05, 0) is 58.5 Å². The molecule has 5 heteroatoms. The van der Waals surface area contributed by atoms with E-state index in [1.54, 1.807) is 0 Å². The number of carbonyl (C=O) groups excluding carboxylic acids is 1. The number of carbonyl (C=O) groups is 1. The lowest BCUT2D eigenvalue weighted by Gasteiger charge is -2.12. The molecule has 7 rings (SSSR count). The maximum absolute atomic E-state index is 14.0. The van der Waals surface area contributed by atoms with Crippen molar-refractivity contribution < 1.29 is 4.79 Å². The van der Waals surface area contributed by atoms with Gasteiger partial charge in [-0.15, -0.1) is 0 Å². The number of nitrogens with one attached hydrogen (secondary N) is 1. The fourth-order valence-electron chi connectivity index (χ4n) is 6.39. The molecule has 0 amide bonds. The number of Topliss-reactive ketones (excluding diaryl/α,β-unsaturated/α-hetero) is 1. The topological polar surface area (TPSA) is 97.3 Å². The van der Waals surface area contributed by atoms with Gasteiger partial charge in [0.1, 0.15) is 5.70 Å². The minimum absolute atomic E-state index is 0.0688. The number of aliphatic imine (C=N–C) groups is 1. The van der Waals surface area contributed by atoms with Crippen LogP contribution in [0.2, 0.25) is 0 Å². The van der Waals surface area contributed by atoms with E-state index in [1.165, 1.54) is 0 Å². The lowest BCUT2D eigenvalue weighted by molar-refractivity contribution is -0.114. The molecular formula is C44H36N4O. The van der Waals surface area contributed by atoms with Crippen LogP contribution >= 0.6 is 0 Å². The molecule has 5 aromatic rings. The third-order valence-corrected chi connectivity index (χ3v) is 8.71. The number of allylic oxidation sites excluding steroid dienone is 8. The first-order chi connectivity index (χ1) is 24.1. The largest absolute Gasteiger partial charge is 0.398 e. The minimum Gasteiger partial charge on any atom is -0.398 e. The van der Waals surface area contributed by atoms with Crippen LogP contribution in [0.5, 0.6) is 0 Å². The normalized spacial score (nSPS) is 22.4. The molecule has 0 saturated carbocycles. The second-order valence-electron chi connectivity index (χ2n) is 12.0. The number of rotatable bonds is 4. The molecule has 0 spiro atoms. The first-order valence-electron chi connectivity index (χ1n) is 16.4. The Hall–Kier alpha value is -6.46. The highest BCUT2D eigenvalue weighted by molar-refractivity contribution is 6.35. The molecule has 0 radical (unpaired) electrons. The summed E-state index contributed by atoms with van der Waals surface area (Å²) in [6.07, 6.45) is 10.8. The highest BCUT2D eigenvalue weighted by Gasteiger charge is 2.30. The number of fused-ring (bicyclic) bond motifs is 3. The van der Waals surface area contributed by atoms with Crippen molar-refractivity contribution in [1.82, 2.24) is 4.98 Å². The molecule has 1 aromatic heterocycles. The number of aromatic nitrogens is 1. The Kier molecular flexibility index (Phi) is 8.98. The van der Waals surface area contributed by atoms with Crippen molar-refractivity contribution in [2.45, 2.75) is 12.8 Å². The second-order valence-corrected chi connectivity index (χ2v) is 12.0. The molecule has 2 aliphatic heterocycles. The van der Waals surface area contributed by atoms with Crippen molar-refractivity contribution in [3.63, 3.8) is 0 Å². The van der Waals surface area contributed by atoms with Gasteiger partial charge in [0.05, 0.1) is 12.1 Å². The van der Waals surface area contributed by atoms with Gasteiger partial charge in [-0.3, -0.25) is 4.79 Å². The minimum atomic E-state index is -0.0688. The highest BCUT2D eigenvalue weighted by Crippen LogP contribution is 2.36. The smallest absolute Gasteiger partial charge is 0.187 e. The van der Waals surface area contributed by atoms with Gasteiger partial charge in [0.15, 0.2) is 5.78 Å². The van der Waals surface area contributed by atoms with Gasteiger partial charge < -0.3 is 16.5 Å². The zero-order valence-corrected chi connectivity index (χ0v) is 27.0. The van der Waals surface area contributed by atoms with E-state index in [9.17, 15) is 4.79 Å². The molecule has 0 saturated heterocycles. The standard InChI is InChI=1S/C44H36N4O/c45-35-25-13-23-31(30-15-5-1-6-16-30)24-14-26-36(46)42(33-19-9-3-10-20-33)39-29-40(49)44(48-39)43(34-21-11-4-12-22-34)38-28-27-37(47-38)41(35)32-17-7-2-8-18-32/h1-22,24-28,47H,23,29,45-46H2/b25-13-,26-14-,31-24-,41-35-,42-36-,44-43-. The van der Waals surface area contributed by atoms with E-state index < -0.39 is 0 Å². The Morgan fingerprint density at radius 2 is 1.04 bits per heavy atom. The van der Waals surface area contributed by atoms with Crippen LogP contribution in [0.25, 0.3) is 22.3 Å². The summed E-state index contributed by atoms with van der Waals surface area (Å²) in [5.41, 5.74) is 24.9. The number of ketones is 1. The van der Waals surface area contributed by atoms with E-state index in [2.05, 4.69) is 41.4 Å². The van der Waals surface area contributed by atoms with Crippen LogP contribution in [0, 0.1) is 0 Å². The molecule has 49 heavy (non-hydrogen) atoms. The molecule has 0 fully saturated rings. The first kappa shape index (κ1) is 31.2. The molecule has 0 atom stereocenters. The quantitative estimate of drug-likeness (QED) is 0.184. The zero-order chi connectivity index (χ0) is 33.6. The monoisotopic (exact) mass is 636 g/mol. The van der Waals surface area contributed by atoms with Gasteiger partial charge in [0.25, 0.3) is 0 Å². The molecule has 4 aromatic carbocycles. The van der Waals surface area contributed by atoms with Crippen molar-refractivity contribution in [3.8, 4) is 0 Å². The molecule has 5 N–H and O–H groups in total. The zero-order valence-electron chi connectivity index (χ0n) is 27.0. The summed E-state index contributed by atoms with van der Waals surface area (Å²) >= 11 is 0. The summed E-state index contributed by atoms with van der Waals surface area (Å²) in [5.74, 6) is -0.0688. The number of H-pyrrole nitrogens is 1. The number of benzene rings is 4. The van der Waals surface area contributed by atoms with E-state index in [1.807, 2.05) is 127 Å².